The minimum atomic E-state index is -3.84. The third-order valence-electron chi connectivity index (χ3n) is 8.84. The average Bonchev–Trinajstić information content (AvgIpc) is 3.31. The van der Waals surface area contributed by atoms with Crippen molar-refractivity contribution in [3.05, 3.63) is 0 Å². The Hall–Kier alpha value is -0.690. The largest absolute Gasteiger partial charge is 0.394 e. The predicted octanol–water partition coefficient (Wildman–Crippen LogP) is -5.47. The molecular formula is C26H53N7O11S. The summed E-state index contributed by atoms with van der Waals surface area (Å²) in [6.45, 7) is 0.108. The van der Waals surface area contributed by atoms with Gasteiger partial charge in [-0.05, 0) is 45.1 Å². The molecule has 4 aliphatic rings. The van der Waals surface area contributed by atoms with Crippen molar-refractivity contribution in [1.29, 1.82) is 0 Å². The Bertz CT molecular complexity index is 1020. The van der Waals surface area contributed by atoms with Gasteiger partial charge in [-0.25, -0.2) is 13.1 Å². The molecule has 0 aromatic carbocycles. The van der Waals surface area contributed by atoms with Crippen molar-refractivity contribution in [2.45, 2.75) is 130 Å². The van der Waals surface area contributed by atoms with Gasteiger partial charge in [0.2, 0.25) is 10.0 Å². The van der Waals surface area contributed by atoms with Crippen LogP contribution >= 0.6 is 0 Å². The van der Waals surface area contributed by atoms with Crippen LogP contribution in [0.5, 0.6) is 0 Å². The summed E-state index contributed by atoms with van der Waals surface area (Å²) in [5.74, 6) is -0.253. The maximum absolute atomic E-state index is 12.7. The first-order chi connectivity index (χ1) is 21.4. The lowest BCUT2D eigenvalue weighted by Crippen LogP contribution is -2.66. The van der Waals surface area contributed by atoms with Crippen LogP contribution in [0, 0.1) is 0 Å². The van der Waals surface area contributed by atoms with Crippen LogP contribution in [-0.4, -0.2) is 148 Å². The molecule has 264 valence electrons. The maximum atomic E-state index is 12.7. The molecule has 0 aromatic rings. The zero-order valence-electron chi connectivity index (χ0n) is 25.4. The van der Waals surface area contributed by atoms with Crippen molar-refractivity contribution in [3.63, 3.8) is 0 Å². The van der Waals surface area contributed by atoms with E-state index in [1.54, 1.807) is 0 Å². The highest BCUT2D eigenvalue weighted by molar-refractivity contribution is 7.89. The molecule has 0 aromatic heterocycles. The van der Waals surface area contributed by atoms with Gasteiger partial charge in [0.05, 0.1) is 48.8 Å². The summed E-state index contributed by atoms with van der Waals surface area (Å²) < 4.78 is 63.9. The Morgan fingerprint density at radius 2 is 1.29 bits per heavy atom. The number of aliphatic hydroxyl groups is 3. The minimum Gasteiger partial charge on any atom is -0.394 e. The first kappa shape index (κ1) is 37.1. The lowest BCUT2D eigenvalue weighted by molar-refractivity contribution is -0.288. The summed E-state index contributed by atoms with van der Waals surface area (Å²) in [5.41, 5.74) is 36.0. The molecule has 1 aliphatic carbocycles. The normalized spacial score (nSPS) is 44.7. The van der Waals surface area contributed by atoms with E-state index in [0.717, 1.165) is 0 Å². The second-order valence-corrected chi connectivity index (χ2v) is 14.2. The van der Waals surface area contributed by atoms with Crippen LogP contribution in [0.4, 0.5) is 0 Å². The molecule has 3 saturated heterocycles. The van der Waals surface area contributed by atoms with Crippen molar-refractivity contribution in [2.24, 2.45) is 34.4 Å². The van der Waals surface area contributed by atoms with Gasteiger partial charge in [0.25, 0.3) is 0 Å². The third kappa shape index (κ3) is 9.27. The van der Waals surface area contributed by atoms with Crippen LogP contribution in [0.2, 0.25) is 0 Å². The van der Waals surface area contributed by atoms with Crippen LogP contribution in [0.25, 0.3) is 0 Å². The van der Waals surface area contributed by atoms with E-state index in [-0.39, 0.29) is 50.4 Å². The molecule has 15 unspecified atom stereocenters. The summed E-state index contributed by atoms with van der Waals surface area (Å²) in [5, 5.41) is 32.9. The van der Waals surface area contributed by atoms with E-state index in [1.807, 2.05) is 0 Å². The molecule has 3 aliphatic heterocycles. The molecule has 0 amide bonds. The molecule has 16 N–H and O–H groups in total. The van der Waals surface area contributed by atoms with E-state index in [0.29, 0.717) is 25.7 Å². The number of aliphatic hydroxyl groups excluding tert-OH is 3. The van der Waals surface area contributed by atoms with Gasteiger partial charge in [-0.1, -0.05) is 0 Å². The van der Waals surface area contributed by atoms with E-state index < -0.39 is 96.3 Å². The number of ether oxygens (including phenoxy) is 6. The van der Waals surface area contributed by atoms with Crippen molar-refractivity contribution in [2.75, 3.05) is 32.0 Å². The number of hydrogen-bond donors (Lipinski definition) is 10. The molecule has 45 heavy (non-hydrogen) atoms. The van der Waals surface area contributed by atoms with Gasteiger partial charge in [-0.15, -0.1) is 0 Å². The molecule has 3 heterocycles. The number of sulfonamides is 1. The number of nitrogens with one attached hydrogen (secondary N) is 1. The van der Waals surface area contributed by atoms with Crippen LogP contribution in [-0.2, 0) is 38.4 Å². The number of rotatable bonds is 14. The lowest BCUT2D eigenvalue weighted by atomic mass is 9.84. The first-order valence-electron chi connectivity index (χ1n) is 15.7. The van der Waals surface area contributed by atoms with Crippen molar-refractivity contribution in [1.82, 2.24) is 4.72 Å². The van der Waals surface area contributed by atoms with Gasteiger partial charge in [0.15, 0.2) is 18.9 Å². The minimum absolute atomic E-state index is 0.0197. The smallest absolute Gasteiger partial charge is 0.211 e. The van der Waals surface area contributed by atoms with Crippen LogP contribution in [0.3, 0.4) is 0 Å². The first-order valence-corrected chi connectivity index (χ1v) is 17.3. The summed E-state index contributed by atoms with van der Waals surface area (Å²) in [6.07, 6.45) is -8.95. The second kappa shape index (κ2) is 16.6. The van der Waals surface area contributed by atoms with Gasteiger partial charge < -0.3 is 78.1 Å². The summed E-state index contributed by atoms with van der Waals surface area (Å²) in [4.78, 5) is 0. The maximum Gasteiger partial charge on any atom is 0.211 e. The lowest BCUT2D eigenvalue weighted by Gasteiger charge is -2.46. The van der Waals surface area contributed by atoms with E-state index >= 15 is 0 Å². The van der Waals surface area contributed by atoms with Gasteiger partial charge in [-0.2, -0.15) is 0 Å². The van der Waals surface area contributed by atoms with E-state index in [9.17, 15) is 23.7 Å². The summed E-state index contributed by atoms with van der Waals surface area (Å²) in [6, 6.07) is -3.00. The highest BCUT2D eigenvalue weighted by atomic mass is 32.2. The molecule has 19 heteroatoms. The highest BCUT2D eigenvalue weighted by Gasteiger charge is 2.53. The van der Waals surface area contributed by atoms with Crippen LogP contribution < -0.4 is 39.1 Å². The highest BCUT2D eigenvalue weighted by Crippen LogP contribution is 2.34. The van der Waals surface area contributed by atoms with Crippen molar-refractivity contribution >= 4 is 10.0 Å². The Balaban J connectivity index is 1.54. The van der Waals surface area contributed by atoms with Gasteiger partial charge in [0.1, 0.15) is 30.5 Å². The molecule has 0 bridgehead atoms. The topological polar surface area (TPSA) is 318 Å². The third-order valence-corrected chi connectivity index (χ3v) is 10.3. The Morgan fingerprint density at radius 1 is 0.733 bits per heavy atom. The second-order valence-electron chi connectivity index (χ2n) is 12.3. The van der Waals surface area contributed by atoms with Crippen molar-refractivity contribution in [3.8, 4) is 0 Å². The Labute approximate surface area is 263 Å². The molecular weight excluding hydrogens is 618 g/mol. The molecule has 0 spiro atoms. The van der Waals surface area contributed by atoms with E-state index in [1.165, 1.54) is 0 Å². The molecule has 1 saturated carbocycles. The molecule has 4 fully saturated rings. The van der Waals surface area contributed by atoms with Crippen LogP contribution in [0.15, 0.2) is 0 Å². The van der Waals surface area contributed by atoms with Gasteiger partial charge in [-0.3, -0.25) is 0 Å². The van der Waals surface area contributed by atoms with Gasteiger partial charge in [0, 0.05) is 19.1 Å². The van der Waals surface area contributed by atoms with Crippen molar-refractivity contribution < 1.29 is 52.2 Å². The summed E-state index contributed by atoms with van der Waals surface area (Å²) >= 11 is 0. The summed E-state index contributed by atoms with van der Waals surface area (Å²) in [7, 11) is -3.84. The average molecular weight is 672 g/mol. The monoisotopic (exact) mass is 671 g/mol. The van der Waals surface area contributed by atoms with E-state index in [2.05, 4.69) is 4.72 Å². The molecule has 18 nitrogen and oxygen atoms in total. The fourth-order valence-corrected chi connectivity index (χ4v) is 7.57. The molecule has 0 radical (unpaired) electrons. The fraction of sp³-hybridized carbons (Fsp3) is 1.00. The Kier molecular flexibility index (Phi) is 13.7. The number of hydrogen-bond acceptors (Lipinski definition) is 17. The zero-order valence-corrected chi connectivity index (χ0v) is 26.2. The van der Waals surface area contributed by atoms with Crippen LogP contribution in [0.1, 0.15) is 38.5 Å². The standard InChI is InChI=1S/C26H53N7O11S/c27-6-1-7-45(37,38)33-17-8-16(32)21(42-24-14(30)4-2-12(9-28)39-24)23(19(17)35)44-26-20(36)22(18(11-34)41-26)43-25-15(31)5-3-13(10-29)40-25/h12-26,33-36H,1-11,27-32H2. The number of nitrogens with two attached hydrogens (primary N) is 6. The SMILES string of the molecule is NCCCS(=O)(=O)NC1CC(N)C(OC2OC(CN)CCC2N)C(OC2OC(CO)C(OC3OC(CN)CCC3N)C2O)C1O. The zero-order chi connectivity index (χ0) is 32.9. The quantitative estimate of drug-likeness (QED) is 0.0823. The molecule has 4 rings (SSSR count). The van der Waals surface area contributed by atoms with E-state index in [4.69, 9.17) is 62.8 Å². The molecule has 15 atom stereocenters. The Morgan fingerprint density at radius 3 is 1.82 bits per heavy atom. The predicted molar refractivity (Wildman–Crippen MR) is 159 cm³/mol. The fourth-order valence-electron chi connectivity index (χ4n) is 6.21. The van der Waals surface area contributed by atoms with Gasteiger partial charge >= 0.3 is 0 Å².